The summed E-state index contributed by atoms with van der Waals surface area (Å²) in [5, 5.41) is 82.3. The second-order valence-corrected chi connectivity index (χ2v) is 28.5. The maximum atomic E-state index is 14.5. The van der Waals surface area contributed by atoms with E-state index >= 15 is 0 Å². The smallest absolute Gasteiger partial charge is 0.347 e. The van der Waals surface area contributed by atoms with Gasteiger partial charge in [-0.3, -0.25) is 29.5 Å². The van der Waals surface area contributed by atoms with Crippen molar-refractivity contribution in [2.75, 3.05) is 0 Å². The molecule has 0 radical (unpaired) electrons. The van der Waals surface area contributed by atoms with Crippen molar-refractivity contribution in [3.8, 4) is 80.3 Å². The number of carbonyl (C=O) groups is 4. The molecule has 0 fully saturated rings. The number of thioether (sulfide) groups is 2. The number of ether oxygens (including phenoxy) is 2. The van der Waals surface area contributed by atoms with Crippen LogP contribution in [0.5, 0.6) is 11.5 Å². The SMILES string of the molecule is CC(C)(Oc1ccc2cncc(-c3ccc(C#N)cc3)c2c1)C(=O)O.CC(C)(Sc1ccc2cncc(-c3ccc(C#N)c4ccccc34)c2c1)C(=O)O.CC(C)(Sc1ccc2cncc(-c3ccc(C#N)cc3F)c2c1)C(=O)O.CC(Oc1ccc2cncc(-c3ccc(C#N)cc3)c2c1)C(=O)O. The molecule has 0 aliphatic heterocycles. The van der Waals surface area contributed by atoms with E-state index in [1.54, 1.807) is 113 Å². The van der Waals surface area contributed by atoms with Crippen molar-refractivity contribution >= 4 is 101 Å². The average Bonchev–Trinajstić information content (AvgIpc) is 0.785. The zero-order valence-corrected chi connectivity index (χ0v) is 58.6. The van der Waals surface area contributed by atoms with Gasteiger partial charge in [0.05, 0.1) is 46.5 Å². The molecule has 0 spiro atoms. The third-order valence-corrected chi connectivity index (χ3v) is 19.0. The molecule has 104 heavy (non-hydrogen) atoms. The highest BCUT2D eigenvalue weighted by atomic mass is 32.2. The number of hydrogen-bond donors (Lipinski definition) is 4. The van der Waals surface area contributed by atoms with Crippen LogP contribution in [0.25, 0.3) is 98.4 Å². The van der Waals surface area contributed by atoms with Crippen molar-refractivity contribution < 1.29 is 53.5 Å². The van der Waals surface area contributed by atoms with E-state index in [4.69, 9.17) is 30.4 Å². The standard InChI is InChI=1S/C24H18N2O2S.C20H15FN2O2S.C20H16N2O3.C19H14N2O3/c1-24(2,23(27)28)29-17-9-7-16-13-26-14-22(21(16)11-17)20-10-8-15(12-25)18-5-3-4-6-19(18)20;1-20(2,19(24)25)26-14-5-4-13-10-23-11-17(16(13)8-14)15-6-3-12(9-22)7-18(15)21;1-20(2,19(23)24)25-16-8-7-15-11-22-12-18(17(15)9-16)14-5-3-13(10-21)4-6-14;1-12(19(22)23)24-16-7-6-15-10-21-11-18(17(15)8-16)14-4-2-13(9-20)3-5-14/h3-11,13-14H,1-2H3,(H,27,28);3-8,10-11H,1-2H3,(H,24,25);3-9,11-12H,1-2H3,(H,23,24);2-8,10-12H,1H3,(H,22,23). The molecule has 1 atom stereocenters. The monoisotopic (exact) mass is 1410 g/mol. The topological polar surface area (TPSA) is 314 Å². The fraction of sp³-hybridized carbons (Fsp3) is 0.133. The van der Waals surface area contributed by atoms with Crippen LogP contribution >= 0.6 is 23.5 Å². The first-order valence-corrected chi connectivity index (χ1v) is 33.7. The minimum Gasteiger partial charge on any atom is -0.480 e. The number of rotatable bonds is 16. The fourth-order valence-corrected chi connectivity index (χ4v) is 12.9. The minimum absolute atomic E-state index is 0.249. The first-order chi connectivity index (χ1) is 49.7. The molecule has 13 aromatic rings. The number of carboxylic acids is 4. The Balaban J connectivity index is 0.000000149. The van der Waals surface area contributed by atoms with Gasteiger partial charge >= 0.3 is 23.9 Å². The van der Waals surface area contributed by atoms with Crippen LogP contribution in [0.4, 0.5) is 4.39 Å². The Morgan fingerprint density at radius 2 is 0.817 bits per heavy atom. The quantitative estimate of drug-likeness (QED) is 0.0653. The Kier molecular flexibility index (Phi) is 22.4. The van der Waals surface area contributed by atoms with Crippen molar-refractivity contribution in [1.82, 2.24) is 19.9 Å². The van der Waals surface area contributed by atoms with Gasteiger partial charge in [0.1, 0.15) is 26.8 Å². The van der Waals surface area contributed by atoms with Crippen LogP contribution in [0.2, 0.25) is 0 Å². The molecule has 9 aromatic carbocycles. The summed E-state index contributed by atoms with van der Waals surface area (Å²) in [6.07, 6.45) is 12.9. The Bertz CT molecular complexity index is 5690. The van der Waals surface area contributed by atoms with Crippen LogP contribution in [0, 0.1) is 51.1 Å². The summed E-state index contributed by atoms with van der Waals surface area (Å²) in [5.74, 6) is -3.35. The summed E-state index contributed by atoms with van der Waals surface area (Å²) in [6.45, 7) is 11.2. The summed E-state index contributed by atoms with van der Waals surface area (Å²) < 4.78 is 23.6. The molecule has 514 valence electrons. The second-order valence-electron chi connectivity index (χ2n) is 25.1. The Morgan fingerprint density at radius 3 is 1.25 bits per heavy atom. The lowest BCUT2D eigenvalue weighted by Gasteiger charge is -2.22. The van der Waals surface area contributed by atoms with E-state index in [1.165, 1.54) is 50.4 Å². The number of fused-ring (bicyclic) bond motifs is 5. The van der Waals surface area contributed by atoms with Gasteiger partial charge in [0.2, 0.25) is 0 Å². The number of carboxylic acid groups (broad SMARTS) is 4. The Labute approximate surface area is 605 Å². The molecule has 0 saturated heterocycles. The van der Waals surface area contributed by atoms with Crippen molar-refractivity contribution in [2.45, 2.75) is 79.5 Å². The maximum Gasteiger partial charge on any atom is 0.347 e. The fourth-order valence-electron chi connectivity index (χ4n) is 10.9. The Hall–Kier alpha value is -13.1. The highest BCUT2D eigenvalue weighted by molar-refractivity contribution is 8.01. The number of pyridine rings is 4. The number of aliphatic carboxylic acids is 4. The van der Waals surface area contributed by atoms with Gasteiger partial charge in [-0.2, -0.15) is 21.0 Å². The molecule has 4 aromatic heterocycles. The van der Waals surface area contributed by atoms with Crippen molar-refractivity contribution in [2.24, 2.45) is 0 Å². The van der Waals surface area contributed by atoms with Gasteiger partial charge in [-0.15, -0.1) is 23.5 Å². The summed E-state index contributed by atoms with van der Waals surface area (Å²) >= 11 is 2.55. The van der Waals surface area contributed by atoms with Gasteiger partial charge in [-0.25, -0.2) is 14.0 Å². The van der Waals surface area contributed by atoms with Crippen LogP contribution in [0.1, 0.15) is 70.7 Å². The van der Waals surface area contributed by atoms with Gasteiger partial charge in [-0.05, 0) is 195 Å². The van der Waals surface area contributed by atoms with Gasteiger partial charge in [0.25, 0.3) is 0 Å². The Morgan fingerprint density at radius 1 is 0.413 bits per heavy atom. The van der Waals surface area contributed by atoms with Crippen LogP contribution in [-0.4, -0.2) is 85.4 Å². The highest BCUT2D eigenvalue weighted by Crippen LogP contribution is 2.41. The lowest BCUT2D eigenvalue weighted by Crippen LogP contribution is -2.37. The molecule has 0 saturated carbocycles. The molecule has 13 rings (SSSR count). The first-order valence-electron chi connectivity index (χ1n) is 32.0. The van der Waals surface area contributed by atoms with Crippen LogP contribution in [0.15, 0.2) is 235 Å². The molecule has 0 amide bonds. The molecule has 4 heterocycles. The van der Waals surface area contributed by atoms with Crippen LogP contribution < -0.4 is 9.47 Å². The van der Waals surface area contributed by atoms with E-state index in [0.29, 0.717) is 39.3 Å². The summed E-state index contributed by atoms with van der Waals surface area (Å²) in [4.78, 5) is 63.9. The van der Waals surface area contributed by atoms with Gasteiger partial charge in [0.15, 0.2) is 11.7 Å². The number of aromatic nitrogens is 4. The third-order valence-electron chi connectivity index (χ3n) is 16.6. The molecule has 4 N–H and O–H groups in total. The van der Waals surface area contributed by atoms with E-state index in [9.17, 15) is 44.2 Å². The first kappa shape index (κ1) is 73.7. The molecular weight excluding hydrogens is 1350 g/mol. The van der Waals surface area contributed by atoms with Crippen LogP contribution in [-0.2, 0) is 19.2 Å². The summed E-state index contributed by atoms with van der Waals surface area (Å²) in [7, 11) is 0. The van der Waals surface area contributed by atoms with Crippen LogP contribution in [0.3, 0.4) is 0 Å². The highest BCUT2D eigenvalue weighted by Gasteiger charge is 2.31. The molecule has 21 heteroatoms. The molecular formula is C83H63FN8O10S2. The lowest BCUT2D eigenvalue weighted by molar-refractivity contribution is -0.152. The zero-order valence-electron chi connectivity index (χ0n) is 56.9. The molecule has 18 nitrogen and oxygen atoms in total. The predicted molar refractivity (Wildman–Crippen MR) is 400 cm³/mol. The third kappa shape index (κ3) is 17.0. The van der Waals surface area contributed by atoms with Crippen molar-refractivity contribution in [3.05, 3.63) is 254 Å². The van der Waals surface area contributed by atoms with Gasteiger partial charge < -0.3 is 29.9 Å². The van der Waals surface area contributed by atoms with E-state index in [-0.39, 0.29) is 5.56 Å². The average molecular weight is 1420 g/mol. The van der Waals surface area contributed by atoms with E-state index in [0.717, 1.165) is 97.0 Å². The van der Waals surface area contributed by atoms with Gasteiger partial charge in [-0.1, -0.05) is 72.8 Å². The van der Waals surface area contributed by atoms with E-state index < -0.39 is 50.9 Å². The number of halogens is 1. The lowest BCUT2D eigenvalue weighted by atomic mass is 9.93. The molecule has 0 aliphatic carbocycles. The number of benzene rings is 9. The number of nitriles is 4. The largest absolute Gasteiger partial charge is 0.480 e. The molecule has 0 bridgehead atoms. The molecule has 0 aliphatic rings. The summed E-state index contributed by atoms with van der Waals surface area (Å²) in [5.41, 5.74) is 7.27. The maximum absolute atomic E-state index is 14.5. The predicted octanol–water partition coefficient (Wildman–Crippen LogP) is 18.4. The van der Waals surface area contributed by atoms with E-state index in [1.807, 2.05) is 140 Å². The molecule has 1 unspecified atom stereocenters. The number of nitrogens with zero attached hydrogens (tertiary/aromatic N) is 8. The van der Waals surface area contributed by atoms with Crippen molar-refractivity contribution in [1.29, 1.82) is 21.0 Å². The van der Waals surface area contributed by atoms with E-state index in [2.05, 4.69) is 38.1 Å². The van der Waals surface area contributed by atoms with Gasteiger partial charge in [0, 0.05) is 114 Å². The van der Waals surface area contributed by atoms with Crippen molar-refractivity contribution in [3.63, 3.8) is 0 Å². The normalized spacial score (nSPS) is 11.4. The minimum atomic E-state index is -1.32. The number of hydrogen-bond acceptors (Lipinski definition) is 16. The second kappa shape index (κ2) is 31.7. The zero-order chi connectivity index (χ0) is 74.6. The summed E-state index contributed by atoms with van der Waals surface area (Å²) in [6, 6.07) is 61.0.